The topological polar surface area (TPSA) is 164 Å². The van der Waals surface area contributed by atoms with Gasteiger partial charge in [0.05, 0.1) is 24.3 Å². The van der Waals surface area contributed by atoms with E-state index in [0.29, 0.717) is 30.0 Å². The molecule has 0 radical (unpaired) electrons. The Balaban J connectivity index is 2.15. The van der Waals surface area contributed by atoms with Crippen molar-refractivity contribution in [2.24, 2.45) is 0 Å². The number of nitrogens with zero attached hydrogens (tertiary/aromatic N) is 3. The molecule has 1 aromatic heterocycles. The van der Waals surface area contributed by atoms with E-state index < -0.39 is 31.4 Å². The number of rotatable bonds is 13. The number of methoxy groups -OCH3 is 2. The third-order valence-corrected chi connectivity index (χ3v) is 6.85. The molecule has 204 valence electrons. The zero-order chi connectivity index (χ0) is 27.9. The quantitative estimate of drug-likeness (QED) is 0.186. The van der Waals surface area contributed by atoms with Crippen molar-refractivity contribution in [2.75, 3.05) is 33.9 Å². The summed E-state index contributed by atoms with van der Waals surface area (Å²) in [7, 11) is -1.14. The van der Waals surface area contributed by atoms with Crippen LogP contribution in [0, 0.1) is 17.0 Å². The van der Waals surface area contributed by atoms with Crippen LogP contribution < -0.4 is 19.5 Å². The minimum Gasteiger partial charge on any atom is -0.497 e. The van der Waals surface area contributed by atoms with Gasteiger partial charge < -0.3 is 19.5 Å². The summed E-state index contributed by atoms with van der Waals surface area (Å²) in [6, 6.07) is 9.99. The summed E-state index contributed by atoms with van der Waals surface area (Å²) in [6.07, 6.45) is 0.509. The number of hydrogen-bond acceptors (Lipinski definition) is 9. The molecule has 2 N–H and O–H groups in total. The Morgan fingerprint density at radius 3 is 2.45 bits per heavy atom. The highest BCUT2D eigenvalue weighted by molar-refractivity contribution is 7.89. The lowest BCUT2D eigenvalue weighted by Crippen LogP contribution is -2.27. The highest BCUT2D eigenvalue weighted by Gasteiger charge is 2.27. The minimum atomic E-state index is -4.17. The molecule has 1 heterocycles. The second kappa shape index (κ2) is 12.5. The van der Waals surface area contributed by atoms with Gasteiger partial charge in [0.1, 0.15) is 16.4 Å². The Bertz CT molecular complexity index is 1400. The van der Waals surface area contributed by atoms with Gasteiger partial charge in [0.2, 0.25) is 15.9 Å². The lowest BCUT2D eigenvalue weighted by Gasteiger charge is -2.14. The van der Waals surface area contributed by atoms with Gasteiger partial charge in [-0.05, 0) is 43.7 Å². The Labute approximate surface area is 219 Å². The number of hydrogen-bond donors (Lipinski definition) is 2. The first-order valence-corrected chi connectivity index (χ1v) is 13.1. The number of carbonyl (C=O) groups is 1. The van der Waals surface area contributed by atoms with E-state index in [1.807, 2.05) is 0 Å². The van der Waals surface area contributed by atoms with Crippen LogP contribution >= 0.6 is 0 Å². The van der Waals surface area contributed by atoms with Crippen LogP contribution in [0.1, 0.15) is 29.4 Å². The summed E-state index contributed by atoms with van der Waals surface area (Å²) < 4.78 is 46.0. The Kier molecular flexibility index (Phi) is 9.39. The molecule has 0 atom stereocenters. The largest absolute Gasteiger partial charge is 0.497 e. The van der Waals surface area contributed by atoms with E-state index in [0.717, 1.165) is 12.1 Å². The molecular formula is C24H29N5O8S. The summed E-state index contributed by atoms with van der Waals surface area (Å²) in [6.45, 7) is 4.04. The van der Waals surface area contributed by atoms with Crippen molar-refractivity contribution in [3.63, 3.8) is 0 Å². The monoisotopic (exact) mass is 547 g/mol. The molecule has 13 nitrogen and oxygen atoms in total. The predicted molar refractivity (Wildman–Crippen MR) is 138 cm³/mol. The minimum absolute atomic E-state index is 0.0438. The van der Waals surface area contributed by atoms with E-state index in [-0.39, 0.29) is 30.4 Å². The molecule has 1 amide bonds. The molecular weight excluding hydrogens is 518 g/mol. The molecule has 0 spiro atoms. The molecule has 0 aliphatic heterocycles. The molecule has 0 aliphatic carbocycles. The number of nitrogens with one attached hydrogen (secondary N) is 2. The average Bonchev–Trinajstić information content (AvgIpc) is 3.23. The summed E-state index contributed by atoms with van der Waals surface area (Å²) in [4.78, 5) is 23.1. The van der Waals surface area contributed by atoms with Crippen LogP contribution in [-0.2, 0) is 14.8 Å². The fourth-order valence-electron chi connectivity index (χ4n) is 3.39. The molecule has 14 heteroatoms. The van der Waals surface area contributed by atoms with E-state index in [1.165, 1.54) is 25.0 Å². The highest BCUT2D eigenvalue weighted by Crippen LogP contribution is 2.36. The van der Waals surface area contributed by atoms with Gasteiger partial charge in [-0.25, -0.2) is 13.1 Å². The van der Waals surface area contributed by atoms with Crippen molar-refractivity contribution >= 4 is 21.6 Å². The predicted octanol–water partition coefficient (Wildman–Crippen LogP) is 2.95. The molecule has 0 bridgehead atoms. The van der Waals surface area contributed by atoms with Crippen molar-refractivity contribution in [1.29, 1.82) is 0 Å². The molecule has 0 saturated heterocycles. The van der Waals surface area contributed by atoms with Gasteiger partial charge in [-0.2, -0.15) is 9.78 Å². The second-order valence-corrected chi connectivity index (χ2v) is 9.76. The first-order chi connectivity index (χ1) is 18.1. The second-order valence-electron chi connectivity index (χ2n) is 8.03. The van der Waals surface area contributed by atoms with E-state index >= 15 is 0 Å². The van der Waals surface area contributed by atoms with Crippen LogP contribution in [-0.4, -0.2) is 62.9 Å². The van der Waals surface area contributed by atoms with E-state index in [1.54, 1.807) is 38.1 Å². The SMILES string of the molecule is CCCNS(=O)(=O)c1cc([N+](=O)[O-])ccc1Oc1c(C)c(C(=O)NCCOC)nn1-c1ccc(OC)cc1. The van der Waals surface area contributed by atoms with Crippen molar-refractivity contribution in [3.05, 3.63) is 63.8 Å². The number of aromatic nitrogens is 2. The van der Waals surface area contributed by atoms with Gasteiger partial charge in [-0.1, -0.05) is 6.92 Å². The van der Waals surface area contributed by atoms with E-state index in [2.05, 4.69) is 15.1 Å². The third-order valence-electron chi connectivity index (χ3n) is 5.37. The first kappa shape index (κ1) is 28.6. The number of amides is 1. The molecule has 0 saturated carbocycles. The van der Waals surface area contributed by atoms with Gasteiger partial charge >= 0.3 is 0 Å². The summed E-state index contributed by atoms with van der Waals surface area (Å²) in [5.41, 5.74) is 0.435. The van der Waals surface area contributed by atoms with Crippen molar-refractivity contribution in [2.45, 2.75) is 25.2 Å². The summed E-state index contributed by atoms with van der Waals surface area (Å²) in [5, 5.41) is 18.5. The Hall–Kier alpha value is -4.01. The number of carbonyl (C=O) groups excluding carboxylic acids is 1. The number of sulfonamides is 1. The van der Waals surface area contributed by atoms with Crippen LogP contribution in [0.3, 0.4) is 0 Å². The third kappa shape index (κ3) is 6.45. The maximum absolute atomic E-state index is 13.0. The molecule has 0 unspecified atom stereocenters. The number of nitro groups is 1. The highest BCUT2D eigenvalue weighted by atomic mass is 32.2. The average molecular weight is 548 g/mol. The molecule has 3 aromatic rings. The number of benzene rings is 2. The van der Waals surface area contributed by atoms with Gasteiger partial charge in [0.25, 0.3) is 11.6 Å². The molecule has 0 aliphatic rings. The fraction of sp³-hybridized carbons (Fsp3) is 0.333. The molecule has 3 rings (SSSR count). The van der Waals surface area contributed by atoms with Gasteiger partial charge in [0.15, 0.2) is 5.69 Å². The molecule has 0 fully saturated rings. The smallest absolute Gasteiger partial charge is 0.272 e. The normalized spacial score (nSPS) is 11.3. The fourth-order valence-corrected chi connectivity index (χ4v) is 4.67. The van der Waals surface area contributed by atoms with E-state index in [4.69, 9.17) is 14.2 Å². The van der Waals surface area contributed by atoms with Crippen molar-refractivity contribution in [3.8, 4) is 23.1 Å². The zero-order valence-corrected chi connectivity index (χ0v) is 22.2. The molecule has 2 aromatic carbocycles. The number of nitro benzene ring substituents is 1. The lowest BCUT2D eigenvalue weighted by molar-refractivity contribution is -0.385. The van der Waals surface area contributed by atoms with Crippen LogP contribution in [0.5, 0.6) is 17.4 Å². The van der Waals surface area contributed by atoms with Gasteiger partial charge in [0, 0.05) is 37.9 Å². The van der Waals surface area contributed by atoms with Crippen LogP contribution in [0.4, 0.5) is 5.69 Å². The van der Waals surface area contributed by atoms with Crippen molar-refractivity contribution in [1.82, 2.24) is 19.8 Å². The van der Waals surface area contributed by atoms with Crippen LogP contribution in [0.15, 0.2) is 47.4 Å². The maximum atomic E-state index is 13.0. The lowest BCUT2D eigenvalue weighted by atomic mass is 10.2. The Morgan fingerprint density at radius 2 is 1.84 bits per heavy atom. The first-order valence-electron chi connectivity index (χ1n) is 11.6. The van der Waals surface area contributed by atoms with Crippen LogP contribution in [0.25, 0.3) is 5.69 Å². The zero-order valence-electron chi connectivity index (χ0n) is 21.4. The Morgan fingerprint density at radius 1 is 1.13 bits per heavy atom. The van der Waals surface area contributed by atoms with Crippen LogP contribution in [0.2, 0.25) is 0 Å². The summed E-state index contributed by atoms with van der Waals surface area (Å²) in [5.74, 6) is -0.0302. The number of non-ortho nitro benzene ring substituents is 1. The van der Waals surface area contributed by atoms with Gasteiger partial charge in [-0.3, -0.25) is 14.9 Å². The van der Waals surface area contributed by atoms with E-state index in [9.17, 15) is 23.3 Å². The van der Waals surface area contributed by atoms with Gasteiger partial charge in [-0.15, -0.1) is 0 Å². The maximum Gasteiger partial charge on any atom is 0.272 e. The van der Waals surface area contributed by atoms with Crippen molar-refractivity contribution < 1.29 is 32.3 Å². The molecule has 38 heavy (non-hydrogen) atoms. The summed E-state index contributed by atoms with van der Waals surface area (Å²) >= 11 is 0. The number of ether oxygens (including phenoxy) is 3. The standard InChI is InChI=1S/C24H29N5O8S/c1-5-12-26-38(33,34)21-15-18(29(31)32)8-11-20(21)37-24-16(2)22(23(30)25-13-14-35-3)27-28(24)17-6-9-19(36-4)10-7-17/h6-11,15,26H,5,12-14H2,1-4H3,(H,25,30).